The normalized spacial score (nSPS) is 22.8. The van der Waals surface area contributed by atoms with Gasteiger partial charge >= 0.3 is 12.4 Å². The molecule has 53 heavy (non-hydrogen) atoms. The lowest BCUT2D eigenvalue weighted by molar-refractivity contribution is -0.167. The van der Waals surface area contributed by atoms with Crippen LogP contribution in [-0.2, 0) is 34.9 Å². The summed E-state index contributed by atoms with van der Waals surface area (Å²) in [5.74, 6) is -3.20. The van der Waals surface area contributed by atoms with Crippen LogP contribution in [0.5, 0.6) is 5.75 Å². The van der Waals surface area contributed by atoms with E-state index >= 15 is 4.79 Å². The van der Waals surface area contributed by atoms with Gasteiger partial charge in [-0.2, -0.15) is 26.3 Å². The van der Waals surface area contributed by atoms with Crippen LogP contribution in [0.15, 0.2) is 48.0 Å². The van der Waals surface area contributed by atoms with Crippen LogP contribution in [0.4, 0.5) is 30.7 Å². The lowest BCUT2D eigenvalue weighted by Gasteiger charge is -2.51. The summed E-state index contributed by atoms with van der Waals surface area (Å²) >= 11 is 0.340. The van der Waals surface area contributed by atoms with Crippen LogP contribution in [-0.4, -0.2) is 99.8 Å². The molecule has 0 unspecified atom stereocenters. The summed E-state index contributed by atoms with van der Waals surface area (Å²) in [4.78, 5) is 52.7. The number of amides is 3. The quantitative estimate of drug-likeness (QED) is 0.264. The first-order valence-electron chi connectivity index (χ1n) is 17.3. The second-order valence-corrected chi connectivity index (χ2v) is 14.5. The fourth-order valence-electron chi connectivity index (χ4n) is 7.54. The number of piperidine rings is 1. The molecule has 9 nitrogen and oxygen atoms in total. The van der Waals surface area contributed by atoms with Crippen molar-refractivity contribution in [3.8, 4) is 5.75 Å². The first kappa shape index (κ1) is 38.5. The number of aromatic nitrogens is 1. The fraction of sp³-hybridized carbons (Fsp3) is 0.500. The predicted octanol–water partition coefficient (Wildman–Crippen LogP) is 6.27. The van der Waals surface area contributed by atoms with E-state index in [2.05, 4.69) is 4.98 Å². The predicted molar refractivity (Wildman–Crippen MR) is 179 cm³/mol. The van der Waals surface area contributed by atoms with Gasteiger partial charge in [-0.25, -0.2) is 4.39 Å². The van der Waals surface area contributed by atoms with Crippen molar-refractivity contribution in [2.45, 2.75) is 75.6 Å². The smallest absolute Gasteiger partial charge is 0.425 e. The summed E-state index contributed by atoms with van der Waals surface area (Å²) in [5.41, 5.74) is -3.28. The third-order valence-electron chi connectivity index (χ3n) is 10.2. The summed E-state index contributed by atoms with van der Waals surface area (Å²) < 4.78 is 105. The molecule has 2 aromatic heterocycles. The number of rotatable bonds is 7. The number of fused-ring (bicyclic) bond motifs is 1. The minimum absolute atomic E-state index is 0.00857. The third kappa shape index (κ3) is 7.72. The zero-order chi connectivity index (χ0) is 38.3. The summed E-state index contributed by atoms with van der Waals surface area (Å²) in [6.07, 6.45) is -8.51. The number of carbonyl (C=O) groups excluding carboxylic acids is 3. The van der Waals surface area contributed by atoms with Crippen molar-refractivity contribution in [2.24, 2.45) is 0 Å². The van der Waals surface area contributed by atoms with Gasteiger partial charge in [0.15, 0.2) is 0 Å². The van der Waals surface area contributed by atoms with E-state index in [0.717, 1.165) is 34.7 Å². The van der Waals surface area contributed by atoms with Crippen LogP contribution in [0.25, 0.3) is 0 Å². The number of halogens is 7. The molecular formula is C36H38F7N5O4S. The zero-order valence-electron chi connectivity index (χ0n) is 29.0. The van der Waals surface area contributed by atoms with Crippen molar-refractivity contribution in [3.05, 3.63) is 81.1 Å². The Bertz CT molecular complexity index is 1840. The molecule has 3 atom stereocenters. The number of carbonyl (C=O) groups is 3. The van der Waals surface area contributed by atoms with Crippen LogP contribution >= 0.6 is 11.3 Å². The number of nitrogens with zero attached hydrogens (tertiary/aromatic N) is 5. The van der Waals surface area contributed by atoms with Gasteiger partial charge in [0.2, 0.25) is 11.5 Å². The molecule has 286 valence electrons. The number of likely N-dealkylation sites (tertiary alicyclic amines) is 1. The van der Waals surface area contributed by atoms with Crippen molar-refractivity contribution >= 4 is 29.1 Å². The molecule has 0 bridgehead atoms. The standard InChI is InChI=1S/C36H38F7N5O4S/c1-3-6-28-34(52-25-19-29(53-21-25)36(41,42)43,10-5-12-47(28)32(50)30-26(35(38,39)40)7-4-11-44-30)33(51)48-20-22-8-9-24(37)17-23(22)18-27(48)31(49)46-15-13-45(2)14-16-46/h4,7-9,11,17,19,21,27-28H,3,5-6,10,12-16,18,20H2,1-2H3/t27-,28+,34-/m0/s1. The van der Waals surface area contributed by atoms with E-state index in [1.807, 2.05) is 11.9 Å². The molecule has 0 aliphatic carbocycles. The first-order chi connectivity index (χ1) is 25.0. The van der Waals surface area contributed by atoms with Gasteiger partial charge < -0.3 is 24.3 Å². The van der Waals surface area contributed by atoms with E-state index in [9.17, 15) is 40.3 Å². The number of piperazine rings is 1. The van der Waals surface area contributed by atoms with E-state index in [-0.39, 0.29) is 44.5 Å². The van der Waals surface area contributed by atoms with Crippen molar-refractivity contribution in [3.63, 3.8) is 0 Å². The monoisotopic (exact) mass is 769 g/mol. The Morgan fingerprint density at radius 3 is 2.36 bits per heavy atom. The second-order valence-electron chi connectivity index (χ2n) is 13.6. The highest BCUT2D eigenvalue weighted by Crippen LogP contribution is 2.43. The van der Waals surface area contributed by atoms with E-state index in [1.54, 1.807) is 11.8 Å². The van der Waals surface area contributed by atoms with E-state index in [4.69, 9.17) is 4.74 Å². The number of hydrogen-bond acceptors (Lipinski definition) is 7. The number of benzene rings is 1. The number of likely N-dealkylation sites (N-methyl/N-ethyl adjacent to an activating group) is 1. The zero-order valence-corrected chi connectivity index (χ0v) is 29.8. The van der Waals surface area contributed by atoms with Gasteiger partial charge in [-0.3, -0.25) is 19.4 Å². The average Bonchev–Trinajstić information content (AvgIpc) is 3.60. The molecule has 0 saturated carbocycles. The van der Waals surface area contributed by atoms with Crippen molar-refractivity contribution in [1.82, 2.24) is 24.6 Å². The Balaban J connectivity index is 1.48. The molecule has 3 amide bonds. The molecule has 3 aliphatic heterocycles. The van der Waals surface area contributed by atoms with E-state index < -0.39 is 69.7 Å². The Morgan fingerprint density at radius 2 is 1.70 bits per heavy atom. The highest BCUT2D eigenvalue weighted by atomic mass is 32.1. The van der Waals surface area contributed by atoms with Crippen LogP contribution in [0.2, 0.25) is 0 Å². The molecule has 2 fully saturated rings. The number of alkyl halides is 6. The van der Waals surface area contributed by atoms with Crippen LogP contribution in [0, 0.1) is 5.82 Å². The second kappa shape index (κ2) is 14.9. The van der Waals surface area contributed by atoms with Gasteiger partial charge in [-0.05, 0) is 55.3 Å². The minimum atomic E-state index is -4.94. The van der Waals surface area contributed by atoms with Gasteiger partial charge in [0, 0.05) is 69.8 Å². The lowest BCUT2D eigenvalue weighted by Crippen LogP contribution is -2.70. The van der Waals surface area contributed by atoms with Gasteiger partial charge in [0.25, 0.3) is 11.8 Å². The van der Waals surface area contributed by atoms with Gasteiger partial charge in [-0.1, -0.05) is 19.4 Å². The molecule has 17 heteroatoms. The first-order valence-corrected chi connectivity index (χ1v) is 18.1. The maximum atomic E-state index is 15.4. The molecular weight excluding hydrogens is 731 g/mol. The Labute approximate surface area is 305 Å². The molecule has 5 heterocycles. The summed E-state index contributed by atoms with van der Waals surface area (Å²) in [7, 11) is 1.90. The van der Waals surface area contributed by atoms with Crippen LogP contribution < -0.4 is 4.74 Å². The molecule has 6 rings (SSSR count). The topological polar surface area (TPSA) is 86.3 Å². The molecule has 2 saturated heterocycles. The minimum Gasteiger partial charge on any atom is -0.474 e. The SMILES string of the molecule is CCC[C@H]1N(C(=O)c2ncccc2C(F)(F)F)CCC[C@@]1(Oc1csc(C(F)(F)F)c1)C(=O)N1Cc2ccc(F)cc2C[C@H]1C(=O)N1CCN(C)CC1. The fourth-order valence-corrected chi connectivity index (χ4v) is 8.22. The Kier molecular flexibility index (Phi) is 10.8. The Hall–Kier alpha value is -4.25. The number of thiophene rings is 1. The highest BCUT2D eigenvalue weighted by molar-refractivity contribution is 7.10. The van der Waals surface area contributed by atoms with Gasteiger partial charge in [0.05, 0.1) is 11.6 Å². The van der Waals surface area contributed by atoms with Crippen molar-refractivity contribution in [1.29, 1.82) is 0 Å². The van der Waals surface area contributed by atoms with Crippen molar-refractivity contribution in [2.75, 3.05) is 39.8 Å². The Morgan fingerprint density at radius 1 is 0.962 bits per heavy atom. The van der Waals surface area contributed by atoms with E-state index in [0.29, 0.717) is 55.1 Å². The maximum absolute atomic E-state index is 15.4. The van der Waals surface area contributed by atoms with Crippen molar-refractivity contribution < 1.29 is 49.9 Å². The summed E-state index contributed by atoms with van der Waals surface area (Å²) in [6, 6.07) is 4.05. The number of ether oxygens (including phenoxy) is 1. The maximum Gasteiger partial charge on any atom is 0.425 e. The van der Waals surface area contributed by atoms with Gasteiger partial charge in [0.1, 0.15) is 28.2 Å². The molecule has 0 spiro atoms. The molecule has 1 aromatic carbocycles. The number of pyridine rings is 1. The number of hydrogen-bond donors (Lipinski definition) is 0. The lowest BCUT2D eigenvalue weighted by atomic mass is 9.78. The molecule has 3 aliphatic rings. The van der Waals surface area contributed by atoms with Gasteiger partial charge in [-0.15, -0.1) is 11.3 Å². The van der Waals surface area contributed by atoms with E-state index in [1.165, 1.54) is 23.1 Å². The molecule has 0 radical (unpaired) electrons. The largest absolute Gasteiger partial charge is 0.474 e. The van der Waals surface area contributed by atoms with Crippen LogP contribution in [0.1, 0.15) is 64.7 Å². The van der Waals surface area contributed by atoms with Crippen LogP contribution in [0.3, 0.4) is 0 Å². The third-order valence-corrected chi connectivity index (χ3v) is 11.1. The average molecular weight is 770 g/mol. The molecule has 0 N–H and O–H groups in total. The molecule has 3 aromatic rings. The highest BCUT2D eigenvalue weighted by Gasteiger charge is 2.58. The summed E-state index contributed by atoms with van der Waals surface area (Å²) in [6.45, 7) is 3.28. The summed E-state index contributed by atoms with van der Waals surface area (Å²) in [5, 5.41) is 1.09.